The lowest BCUT2D eigenvalue weighted by atomic mass is 10.1. The van der Waals surface area contributed by atoms with Gasteiger partial charge in [-0.1, -0.05) is 12.1 Å². The zero-order valence-corrected chi connectivity index (χ0v) is 14.4. The first kappa shape index (κ1) is 17.3. The van der Waals surface area contributed by atoms with Gasteiger partial charge in [-0.3, -0.25) is 4.79 Å². The Hall–Kier alpha value is -2.04. The molecular weight excluding hydrogens is 288 g/mol. The molecule has 0 unspecified atom stereocenters. The fourth-order valence-corrected chi connectivity index (χ4v) is 2.62. The van der Waals surface area contributed by atoms with Gasteiger partial charge in [-0.25, -0.2) is 4.99 Å². The van der Waals surface area contributed by atoms with E-state index in [0.717, 1.165) is 43.1 Å². The lowest BCUT2D eigenvalue weighted by Gasteiger charge is -2.26. The number of anilines is 1. The quantitative estimate of drug-likeness (QED) is 0.648. The Balaban J connectivity index is 1.99. The van der Waals surface area contributed by atoms with Crippen molar-refractivity contribution in [1.29, 1.82) is 0 Å². The zero-order chi connectivity index (χ0) is 16.7. The van der Waals surface area contributed by atoms with E-state index in [1.165, 1.54) is 0 Å². The van der Waals surface area contributed by atoms with Crippen molar-refractivity contribution in [1.82, 2.24) is 10.6 Å². The first-order valence-electron chi connectivity index (χ1n) is 8.54. The Morgan fingerprint density at radius 1 is 1.26 bits per heavy atom. The molecular formula is C18H28N4O. The number of amides is 1. The summed E-state index contributed by atoms with van der Waals surface area (Å²) in [4.78, 5) is 18.4. The van der Waals surface area contributed by atoms with Crippen molar-refractivity contribution in [2.75, 3.05) is 18.0 Å². The SMILES string of the molecule is CCNC(=NCc1ccc(N2CCCCC2=O)cc1)NC(C)C. The van der Waals surface area contributed by atoms with E-state index < -0.39 is 0 Å². The Kier molecular flexibility index (Phi) is 6.44. The van der Waals surface area contributed by atoms with Crippen LogP contribution in [-0.4, -0.2) is 31.0 Å². The van der Waals surface area contributed by atoms with Crippen molar-refractivity contribution < 1.29 is 4.79 Å². The Morgan fingerprint density at radius 3 is 2.61 bits per heavy atom. The molecule has 0 aliphatic carbocycles. The maximum atomic E-state index is 12.0. The van der Waals surface area contributed by atoms with Gasteiger partial charge in [-0.05, 0) is 51.3 Å². The second-order valence-electron chi connectivity index (χ2n) is 6.16. The predicted octanol–water partition coefficient (Wildman–Crippen LogP) is 2.67. The van der Waals surface area contributed by atoms with Crippen molar-refractivity contribution in [3.63, 3.8) is 0 Å². The minimum Gasteiger partial charge on any atom is -0.357 e. The van der Waals surface area contributed by atoms with Gasteiger partial charge in [0.25, 0.3) is 0 Å². The van der Waals surface area contributed by atoms with Gasteiger partial charge in [0.05, 0.1) is 6.54 Å². The topological polar surface area (TPSA) is 56.7 Å². The molecule has 0 radical (unpaired) electrons. The normalized spacial score (nSPS) is 15.9. The lowest BCUT2D eigenvalue weighted by Crippen LogP contribution is -2.41. The van der Waals surface area contributed by atoms with Gasteiger partial charge >= 0.3 is 0 Å². The van der Waals surface area contributed by atoms with Gasteiger partial charge in [-0.2, -0.15) is 0 Å². The van der Waals surface area contributed by atoms with Gasteiger partial charge in [0.1, 0.15) is 0 Å². The standard InChI is InChI=1S/C18H28N4O/c1-4-19-18(21-14(2)3)20-13-15-8-10-16(11-9-15)22-12-6-5-7-17(22)23/h8-11,14H,4-7,12-13H2,1-3H3,(H2,19,20,21). The number of carbonyl (C=O) groups is 1. The summed E-state index contributed by atoms with van der Waals surface area (Å²) in [6.07, 6.45) is 2.77. The third-order valence-electron chi connectivity index (χ3n) is 3.76. The van der Waals surface area contributed by atoms with E-state index in [9.17, 15) is 4.79 Å². The smallest absolute Gasteiger partial charge is 0.226 e. The van der Waals surface area contributed by atoms with E-state index >= 15 is 0 Å². The molecule has 2 rings (SSSR count). The number of guanidine groups is 1. The highest BCUT2D eigenvalue weighted by Gasteiger charge is 2.19. The number of hydrogen-bond donors (Lipinski definition) is 2. The maximum Gasteiger partial charge on any atom is 0.226 e. The molecule has 0 spiro atoms. The van der Waals surface area contributed by atoms with Crippen molar-refractivity contribution >= 4 is 17.6 Å². The largest absolute Gasteiger partial charge is 0.357 e. The highest BCUT2D eigenvalue weighted by molar-refractivity contribution is 5.93. The molecule has 126 valence electrons. The first-order chi connectivity index (χ1) is 11.1. The summed E-state index contributed by atoms with van der Waals surface area (Å²) >= 11 is 0. The molecule has 2 N–H and O–H groups in total. The summed E-state index contributed by atoms with van der Waals surface area (Å²) in [5.41, 5.74) is 2.13. The third kappa shape index (κ3) is 5.27. The molecule has 5 heteroatoms. The summed E-state index contributed by atoms with van der Waals surface area (Å²) in [6, 6.07) is 8.51. The molecule has 1 heterocycles. The molecule has 1 fully saturated rings. The molecule has 0 aromatic heterocycles. The van der Waals surface area contributed by atoms with Crippen molar-refractivity contribution in [2.45, 2.75) is 52.6 Å². The number of hydrogen-bond acceptors (Lipinski definition) is 2. The van der Waals surface area contributed by atoms with Crippen LogP contribution < -0.4 is 15.5 Å². The number of carbonyl (C=O) groups excluding carboxylic acids is 1. The Bertz CT molecular complexity index is 536. The van der Waals surface area contributed by atoms with Crippen LogP contribution in [0.4, 0.5) is 5.69 Å². The van der Waals surface area contributed by atoms with Crippen LogP contribution in [0.2, 0.25) is 0 Å². The van der Waals surface area contributed by atoms with Crippen LogP contribution >= 0.6 is 0 Å². The molecule has 1 aromatic carbocycles. The molecule has 1 aliphatic rings. The van der Waals surface area contributed by atoms with Crippen LogP contribution in [0.15, 0.2) is 29.3 Å². The molecule has 0 bridgehead atoms. The monoisotopic (exact) mass is 316 g/mol. The summed E-state index contributed by atoms with van der Waals surface area (Å²) in [6.45, 7) is 8.54. The van der Waals surface area contributed by atoms with Crippen molar-refractivity contribution in [2.24, 2.45) is 4.99 Å². The number of nitrogens with zero attached hydrogens (tertiary/aromatic N) is 2. The number of benzene rings is 1. The average Bonchev–Trinajstić information content (AvgIpc) is 2.53. The van der Waals surface area contributed by atoms with Gasteiger partial charge in [-0.15, -0.1) is 0 Å². The number of aliphatic imine (C=N–C) groups is 1. The van der Waals surface area contributed by atoms with E-state index in [4.69, 9.17) is 0 Å². The van der Waals surface area contributed by atoms with E-state index in [-0.39, 0.29) is 5.91 Å². The second kappa shape index (κ2) is 8.56. The van der Waals surface area contributed by atoms with Gasteiger partial charge in [0.15, 0.2) is 5.96 Å². The summed E-state index contributed by atoms with van der Waals surface area (Å²) in [5, 5.41) is 6.54. The lowest BCUT2D eigenvalue weighted by molar-refractivity contribution is -0.119. The van der Waals surface area contributed by atoms with Crippen molar-refractivity contribution in [3.05, 3.63) is 29.8 Å². The van der Waals surface area contributed by atoms with Crippen LogP contribution in [0.25, 0.3) is 0 Å². The van der Waals surface area contributed by atoms with Gasteiger partial charge in [0.2, 0.25) is 5.91 Å². The zero-order valence-electron chi connectivity index (χ0n) is 14.4. The van der Waals surface area contributed by atoms with Crippen LogP contribution in [0.1, 0.15) is 45.6 Å². The fourth-order valence-electron chi connectivity index (χ4n) is 2.62. The first-order valence-corrected chi connectivity index (χ1v) is 8.54. The minimum absolute atomic E-state index is 0.234. The Morgan fingerprint density at radius 2 is 2.00 bits per heavy atom. The number of rotatable bonds is 5. The molecule has 1 saturated heterocycles. The second-order valence-corrected chi connectivity index (χ2v) is 6.16. The van der Waals surface area contributed by atoms with E-state index in [1.54, 1.807) is 0 Å². The number of nitrogens with one attached hydrogen (secondary N) is 2. The van der Waals surface area contributed by atoms with E-state index in [2.05, 4.69) is 48.5 Å². The van der Waals surface area contributed by atoms with Gasteiger partial charge in [0, 0.05) is 31.2 Å². The van der Waals surface area contributed by atoms with E-state index in [0.29, 0.717) is 19.0 Å². The maximum absolute atomic E-state index is 12.0. The van der Waals surface area contributed by atoms with Crippen LogP contribution in [0.3, 0.4) is 0 Å². The Labute approximate surface area is 139 Å². The highest BCUT2D eigenvalue weighted by atomic mass is 16.2. The fraction of sp³-hybridized carbons (Fsp3) is 0.556. The molecule has 0 saturated carbocycles. The van der Waals surface area contributed by atoms with Crippen molar-refractivity contribution in [3.8, 4) is 0 Å². The van der Waals surface area contributed by atoms with Crippen LogP contribution in [0.5, 0.6) is 0 Å². The molecule has 1 amide bonds. The number of piperidine rings is 1. The van der Waals surface area contributed by atoms with Crippen LogP contribution in [-0.2, 0) is 11.3 Å². The molecule has 5 nitrogen and oxygen atoms in total. The summed E-state index contributed by atoms with van der Waals surface area (Å²) < 4.78 is 0. The summed E-state index contributed by atoms with van der Waals surface area (Å²) in [7, 11) is 0. The summed E-state index contributed by atoms with van der Waals surface area (Å²) in [5.74, 6) is 1.07. The van der Waals surface area contributed by atoms with Crippen LogP contribution in [0, 0.1) is 0 Å². The predicted molar refractivity (Wildman–Crippen MR) is 95.7 cm³/mol. The molecule has 1 aromatic rings. The molecule has 1 aliphatic heterocycles. The van der Waals surface area contributed by atoms with Gasteiger partial charge < -0.3 is 15.5 Å². The average molecular weight is 316 g/mol. The minimum atomic E-state index is 0.234. The highest BCUT2D eigenvalue weighted by Crippen LogP contribution is 2.21. The van der Waals surface area contributed by atoms with E-state index in [1.807, 2.05) is 17.0 Å². The molecule has 23 heavy (non-hydrogen) atoms. The molecule has 0 atom stereocenters. The third-order valence-corrected chi connectivity index (χ3v) is 3.76.